The average Bonchev–Trinajstić information content (AvgIpc) is 2.28. The number of hydrogen-bond donors (Lipinski definition) is 2. The maximum absolute atomic E-state index is 11.3. The van der Waals surface area contributed by atoms with Crippen molar-refractivity contribution < 1.29 is 34.1 Å². The number of unbranched alkanes of at least 4 members (excludes halogenated alkanes) is 1. The van der Waals surface area contributed by atoms with Crippen molar-refractivity contribution in [2.75, 3.05) is 6.61 Å². The van der Waals surface area contributed by atoms with Gasteiger partial charge in [0.1, 0.15) is 0 Å². The fraction of sp³-hybridized carbons (Fsp3) is 0.700. The van der Waals surface area contributed by atoms with E-state index in [1.807, 2.05) is 6.92 Å². The van der Waals surface area contributed by atoms with Crippen LogP contribution in [0.25, 0.3) is 0 Å². The molecule has 104 valence electrons. The first-order chi connectivity index (χ1) is 8.38. The maximum atomic E-state index is 11.3. The van der Waals surface area contributed by atoms with Gasteiger partial charge in [0, 0.05) is 0 Å². The van der Waals surface area contributed by atoms with Crippen molar-refractivity contribution in [3.05, 3.63) is 0 Å². The van der Waals surface area contributed by atoms with Crippen molar-refractivity contribution in [2.45, 2.75) is 36.4 Å². The van der Waals surface area contributed by atoms with E-state index in [1.54, 1.807) is 22.6 Å². The molecule has 0 heterocycles. The molecule has 8 heteroatoms. The minimum Gasteiger partial charge on any atom is -0.479 e. The fourth-order valence-electron chi connectivity index (χ4n) is 0.839. The van der Waals surface area contributed by atoms with Crippen molar-refractivity contribution in [1.82, 2.24) is 0 Å². The van der Waals surface area contributed by atoms with Crippen LogP contribution in [-0.4, -0.2) is 44.9 Å². The molecule has 0 radical (unpaired) electrons. The molecule has 0 saturated carbocycles. The molecule has 0 bridgehead atoms. The number of aliphatic carboxylic acids is 1. The molecule has 0 aromatic heterocycles. The summed E-state index contributed by atoms with van der Waals surface area (Å²) < 4.78 is 8.26. The first-order valence-electron chi connectivity index (χ1n) is 5.29. The topological polar surface area (TPSA) is 110 Å². The van der Waals surface area contributed by atoms with Crippen molar-refractivity contribution in [3.8, 4) is 0 Å². The van der Waals surface area contributed by atoms with E-state index in [0.717, 1.165) is 6.42 Å². The number of aliphatic hydroxyl groups is 1. The first kappa shape index (κ1) is 17.1. The summed E-state index contributed by atoms with van der Waals surface area (Å²) in [5.41, 5.74) is 0. The van der Waals surface area contributed by atoms with Crippen LogP contribution in [0.5, 0.6) is 0 Å². The number of rotatable bonds is 8. The Morgan fingerprint density at radius 1 is 1.33 bits per heavy atom. The van der Waals surface area contributed by atoms with Crippen molar-refractivity contribution in [2.24, 2.45) is 0 Å². The first-order valence-corrected chi connectivity index (χ1v) is 6.54. The van der Waals surface area contributed by atoms with E-state index in [4.69, 9.17) is 14.9 Å². The van der Waals surface area contributed by atoms with Crippen molar-refractivity contribution >= 4 is 40.5 Å². The van der Waals surface area contributed by atoms with E-state index in [2.05, 4.69) is 4.74 Å². The van der Waals surface area contributed by atoms with Gasteiger partial charge < -0.3 is 19.7 Å². The molecule has 0 aliphatic rings. The highest BCUT2D eigenvalue weighted by Gasteiger charge is 2.24. The second-order valence-corrected chi connectivity index (χ2v) is 4.52. The minimum atomic E-state index is -1.84. The van der Waals surface area contributed by atoms with Crippen LogP contribution < -0.4 is 0 Å². The monoisotopic (exact) mass is 374 g/mol. The van der Waals surface area contributed by atoms with Gasteiger partial charge in [-0.05, 0) is 29.0 Å². The molecule has 2 atom stereocenters. The molecule has 0 saturated heterocycles. The molecule has 0 unspecified atom stereocenters. The van der Waals surface area contributed by atoms with Gasteiger partial charge in [0.05, 0.1) is 13.0 Å². The van der Waals surface area contributed by atoms with Gasteiger partial charge in [0.15, 0.2) is 6.10 Å². The van der Waals surface area contributed by atoms with Crippen LogP contribution in [0.4, 0.5) is 0 Å². The summed E-state index contributed by atoms with van der Waals surface area (Å²) in [6.07, 6.45) is -0.973. The zero-order valence-corrected chi connectivity index (χ0v) is 12.0. The maximum Gasteiger partial charge on any atom is 0.357 e. The summed E-state index contributed by atoms with van der Waals surface area (Å²) >= 11 is 1.55. The molecule has 7 nitrogen and oxygen atoms in total. The summed E-state index contributed by atoms with van der Waals surface area (Å²) in [5, 5.41) is 17.3. The summed E-state index contributed by atoms with van der Waals surface area (Å²) in [5.74, 6) is -3.21. The Hall–Kier alpha value is -0.900. The Balaban J connectivity index is 3.99. The number of carboxylic acid groups (broad SMARTS) is 1. The van der Waals surface area contributed by atoms with Crippen LogP contribution in [0.15, 0.2) is 0 Å². The number of carbonyl (C=O) groups excluding carboxylic acids is 2. The quantitative estimate of drug-likeness (QED) is 0.275. The zero-order chi connectivity index (χ0) is 14.1. The Bertz CT molecular complexity index is 305. The predicted molar refractivity (Wildman–Crippen MR) is 68.0 cm³/mol. The van der Waals surface area contributed by atoms with Crippen LogP contribution in [0.3, 0.4) is 0 Å². The third-order valence-electron chi connectivity index (χ3n) is 1.81. The summed E-state index contributed by atoms with van der Waals surface area (Å²) in [7, 11) is 0. The largest absolute Gasteiger partial charge is 0.479 e. The Morgan fingerprint density at radius 2 is 1.94 bits per heavy atom. The van der Waals surface area contributed by atoms with E-state index in [0.29, 0.717) is 6.42 Å². The summed E-state index contributed by atoms with van der Waals surface area (Å²) in [4.78, 5) is 32.7. The van der Waals surface area contributed by atoms with Gasteiger partial charge in [-0.15, -0.1) is 0 Å². The van der Waals surface area contributed by atoms with Gasteiger partial charge in [-0.3, -0.25) is 4.79 Å². The standard InChI is InChI=1S/C10H15IO7/c1-2-3-4-17-10(16)8(11)18-7(13)5-6(12)9(14)15/h6,8,12H,2-5H2,1H3,(H,14,15)/t6-,8+/m0/s1. The lowest BCUT2D eigenvalue weighted by molar-refractivity contribution is -0.163. The van der Waals surface area contributed by atoms with Crippen LogP contribution in [-0.2, 0) is 23.9 Å². The number of ether oxygens (including phenoxy) is 2. The van der Waals surface area contributed by atoms with Crippen LogP contribution in [0.2, 0.25) is 0 Å². The lowest BCUT2D eigenvalue weighted by atomic mass is 10.2. The fourth-order valence-corrected chi connectivity index (χ4v) is 1.30. The average molecular weight is 374 g/mol. The predicted octanol–water partition coefficient (Wildman–Crippen LogP) is 0.470. The Morgan fingerprint density at radius 3 is 2.44 bits per heavy atom. The molecule has 0 amide bonds. The van der Waals surface area contributed by atoms with Crippen LogP contribution in [0.1, 0.15) is 26.2 Å². The molecule has 0 aliphatic heterocycles. The van der Waals surface area contributed by atoms with E-state index >= 15 is 0 Å². The van der Waals surface area contributed by atoms with Gasteiger partial charge in [0.25, 0.3) is 0 Å². The van der Waals surface area contributed by atoms with Gasteiger partial charge >= 0.3 is 17.9 Å². The third-order valence-corrected chi connectivity index (χ3v) is 2.57. The highest BCUT2D eigenvalue weighted by atomic mass is 127. The number of alkyl halides is 1. The number of aliphatic hydroxyl groups excluding tert-OH is 1. The molecular formula is C10H15IO7. The van der Waals surface area contributed by atoms with Gasteiger partial charge in [-0.1, -0.05) is 13.3 Å². The summed E-state index contributed by atoms with van der Waals surface area (Å²) in [6, 6.07) is 0. The molecule has 0 spiro atoms. The number of esters is 2. The van der Waals surface area contributed by atoms with Gasteiger partial charge in [0.2, 0.25) is 4.11 Å². The molecule has 18 heavy (non-hydrogen) atoms. The second kappa shape index (κ2) is 9.09. The second-order valence-electron chi connectivity index (χ2n) is 3.39. The molecule has 0 fully saturated rings. The zero-order valence-electron chi connectivity index (χ0n) is 9.80. The van der Waals surface area contributed by atoms with E-state index < -0.39 is 34.5 Å². The molecule has 2 N–H and O–H groups in total. The summed E-state index contributed by atoms with van der Waals surface area (Å²) in [6.45, 7) is 2.17. The third kappa shape index (κ3) is 7.43. The lowest BCUT2D eigenvalue weighted by Crippen LogP contribution is -2.28. The van der Waals surface area contributed by atoms with Crippen LogP contribution in [0, 0.1) is 0 Å². The highest BCUT2D eigenvalue weighted by Crippen LogP contribution is 2.08. The number of hydrogen-bond acceptors (Lipinski definition) is 6. The number of halogens is 1. The molecule has 0 rings (SSSR count). The number of carboxylic acids is 1. The molecule has 0 aliphatic carbocycles. The molecule has 0 aromatic carbocycles. The smallest absolute Gasteiger partial charge is 0.357 e. The molecule has 0 aromatic rings. The lowest BCUT2D eigenvalue weighted by Gasteiger charge is -2.12. The van der Waals surface area contributed by atoms with E-state index in [1.165, 1.54) is 0 Å². The molecular weight excluding hydrogens is 359 g/mol. The SMILES string of the molecule is CCCCOC(=O)[C@H](I)OC(=O)C[C@H](O)C(=O)O. The van der Waals surface area contributed by atoms with Crippen molar-refractivity contribution in [1.29, 1.82) is 0 Å². The van der Waals surface area contributed by atoms with Gasteiger partial charge in [-0.25, -0.2) is 9.59 Å². The van der Waals surface area contributed by atoms with E-state index in [-0.39, 0.29) is 6.61 Å². The number of carbonyl (C=O) groups is 3. The van der Waals surface area contributed by atoms with E-state index in [9.17, 15) is 14.4 Å². The van der Waals surface area contributed by atoms with Gasteiger partial charge in [-0.2, -0.15) is 0 Å². The van der Waals surface area contributed by atoms with Crippen LogP contribution >= 0.6 is 22.6 Å². The Labute approximate surface area is 118 Å². The van der Waals surface area contributed by atoms with Crippen molar-refractivity contribution in [3.63, 3.8) is 0 Å². The highest BCUT2D eigenvalue weighted by molar-refractivity contribution is 14.1. The minimum absolute atomic E-state index is 0.240. The normalized spacial score (nSPS) is 13.5. The Kier molecular flexibility index (Phi) is 8.63.